The second-order valence-electron chi connectivity index (χ2n) is 3.62. The molecule has 0 spiro atoms. The fourth-order valence-corrected chi connectivity index (χ4v) is 1.62. The number of amides is 1. The van der Waals surface area contributed by atoms with E-state index in [9.17, 15) is 9.59 Å². The normalized spacial score (nSPS) is 22.6. The van der Waals surface area contributed by atoms with Crippen molar-refractivity contribution in [2.24, 2.45) is 11.8 Å². The molecular weight excluding hydrogens is 232 g/mol. The molecule has 1 amide bonds. The van der Waals surface area contributed by atoms with E-state index < -0.39 is 17.8 Å². The summed E-state index contributed by atoms with van der Waals surface area (Å²) in [4.78, 5) is 26.0. The number of carboxylic acid groups (broad SMARTS) is 1. The van der Waals surface area contributed by atoms with E-state index in [-0.39, 0.29) is 11.1 Å². The first kappa shape index (κ1) is 10.9. The Balaban J connectivity index is 1.96. The lowest BCUT2D eigenvalue weighted by atomic mass is 10.3. The number of carboxylic acids is 1. The van der Waals surface area contributed by atoms with E-state index in [1.54, 1.807) is 18.2 Å². The van der Waals surface area contributed by atoms with Gasteiger partial charge < -0.3 is 10.4 Å². The number of rotatable bonds is 3. The lowest BCUT2D eigenvalue weighted by Gasteiger charge is -2.02. The van der Waals surface area contributed by atoms with Gasteiger partial charge in [-0.15, -0.1) is 0 Å². The van der Waals surface area contributed by atoms with E-state index in [1.165, 1.54) is 0 Å². The van der Waals surface area contributed by atoms with Crippen molar-refractivity contribution in [2.45, 2.75) is 6.42 Å². The number of nitrogens with zero attached hydrogens (tertiary/aromatic N) is 1. The average Bonchev–Trinajstić information content (AvgIpc) is 2.96. The molecular formula is C10H9ClN2O3. The van der Waals surface area contributed by atoms with Crippen molar-refractivity contribution in [2.75, 3.05) is 5.32 Å². The Morgan fingerprint density at radius 2 is 2.19 bits per heavy atom. The van der Waals surface area contributed by atoms with Crippen LogP contribution in [0.1, 0.15) is 6.42 Å². The second-order valence-corrected chi connectivity index (χ2v) is 4.01. The minimum absolute atomic E-state index is 0.281. The molecule has 2 atom stereocenters. The van der Waals surface area contributed by atoms with Crippen molar-refractivity contribution in [1.29, 1.82) is 0 Å². The molecule has 0 saturated heterocycles. The fourth-order valence-electron chi connectivity index (χ4n) is 1.45. The summed E-state index contributed by atoms with van der Waals surface area (Å²) >= 11 is 5.65. The number of pyridine rings is 1. The Morgan fingerprint density at radius 1 is 1.44 bits per heavy atom. The molecule has 1 aliphatic carbocycles. The van der Waals surface area contributed by atoms with Gasteiger partial charge in [0.1, 0.15) is 11.0 Å². The van der Waals surface area contributed by atoms with Crippen molar-refractivity contribution in [1.82, 2.24) is 4.98 Å². The van der Waals surface area contributed by atoms with E-state index in [1.807, 2.05) is 0 Å². The summed E-state index contributed by atoms with van der Waals surface area (Å²) in [7, 11) is 0. The van der Waals surface area contributed by atoms with Crippen LogP contribution in [-0.4, -0.2) is 22.0 Å². The van der Waals surface area contributed by atoms with Gasteiger partial charge in [0.15, 0.2) is 0 Å². The number of hydrogen-bond acceptors (Lipinski definition) is 3. The summed E-state index contributed by atoms with van der Waals surface area (Å²) in [6, 6.07) is 4.85. The molecule has 16 heavy (non-hydrogen) atoms. The van der Waals surface area contributed by atoms with Crippen molar-refractivity contribution >= 4 is 29.3 Å². The predicted molar refractivity (Wildman–Crippen MR) is 57.1 cm³/mol. The van der Waals surface area contributed by atoms with Gasteiger partial charge in [0.2, 0.25) is 5.91 Å². The lowest BCUT2D eigenvalue weighted by Crippen LogP contribution is -2.17. The second kappa shape index (κ2) is 4.09. The van der Waals surface area contributed by atoms with Gasteiger partial charge in [0.25, 0.3) is 0 Å². The summed E-state index contributed by atoms with van der Waals surface area (Å²) in [5, 5.41) is 11.5. The largest absolute Gasteiger partial charge is 0.481 e. The summed E-state index contributed by atoms with van der Waals surface area (Å²) in [5.74, 6) is -1.91. The maximum absolute atomic E-state index is 11.5. The number of carbonyl (C=O) groups excluding carboxylic acids is 1. The van der Waals surface area contributed by atoms with Gasteiger partial charge in [0.05, 0.1) is 11.8 Å². The van der Waals surface area contributed by atoms with E-state index >= 15 is 0 Å². The van der Waals surface area contributed by atoms with E-state index in [0.717, 1.165) is 0 Å². The molecule has 1 aromatic heterocycles. The molecule has 5 nitrogen and oxygen atoms in total. The number of anilines is 1. The molecule has 2 unspecified atom stereocenters. The minimum Gasteiger partial charge on any atom is -0.481 e. The average molecular weight is 241 g/mol. The molecule has 1 saturated carbocycles. The van der Waals surface area contributed by atoms with Gasteiger partial charge in [-0.1, -0.05) is 17.7 Å². The highest BCUT2D eigenvalue weighted by atomic mass is 35.5. The van der Waals surface area contributed by atoms with Crippen LogP contribution in [0.2, 0.25) is 5.15 Å². The molecule has 0 aliphatic heterocycles. The van der Waals surface area contributed by atoms with Crippen LogP contribution in [0.3, 0.4) is 0 Å². The zero-order valence-corrected chi connectivity index (χ0v) is 8.94. The first-order valence-corrected chi connectivity index (χ1v) is 5.12. The monoisotopic (exact) mass is 240 g/mol. The smallest absolute Gasteiger partial charge is 0.307 e. The Hall–Kier alpha value is -1.62. The Morgan fingerprint density at radius 3 is 2.75 bits per heavy atom. The van der Waals surface area contributed by atoms with Gasteiger partial charge in [-0.2, -0.15) is 0 Å². The Labute approximate surface area is 96.4 Å². The maximum atomic E-state index is 11.5. The van der Waals surface area contributed by atoms with Crippen LogP contribution in [0.4, 0.5) is 5.82 Å². The van der Waals surface area contributed by atoms with Gasteiger partial charge in [-0.25, -0.2) is 4.98 Å². The van der Waals surface area contributed by atoms with Crippen molar-refractivity contribution in [3.8, 4) is 0 Å². The molecule has 0 aromatic carbocycles. The summed E-state index contributed by atoms with van der Waals surface area (Å²) in [5.41, 5.74) is 0. The van der Waals surface area contributed by atoms with E-state index in [0.29, 0.717) is 12.2 Å². The molecule has 6 heteroatoms. The molecule has 1 aliphatic rings. The topological polar surface area (TPSA) is 79.3 Å². The zero-order valence-electron chi connectivity index (χ0n) is 8.18. The molecule has 1 heterocycles. The number of halogens is 1. The fraction of sp³-hybridized carbons (Fsp3) is 0.300. The van der Waals surface area contributed by atoms with Gasteiger partial charge >= 0.3 is 5.97 Å². The van der Waals surface area contributed by atoms with Crippen LogP contribution in [0, 0.1) is 11.8 Å². The van der Waals surface area contributed by atoms with Crippen LogP contribution in [0.25, 0.3) is 0 Å². The lowest BCUT2D eigenvalue weighted by molar-refractivity contribution is -0.139. The quantitative estimate of drug-likeness (QED) is 0.783. The first-order chi connectivity index (χ1) is 7.58. The highest BCUT2D eigenvalue weighted by molar-refractivity contribution is 6.29. The SMILES string of the molecule is O=C(O)C1CC1C(=O)Nc1cccc(Cl)n1. The van der Waals surface area contributed by atoms with Gasteiger partial charge in [-0.3, -0.25) is 9.59 Å². The van der Waals surface area contributed by atoms with Crippen molar-refractivity contribution < 1.29 is 14.7 Å². The summed E-state index contributed by atoms with van der Waals surface area (Å²) < 4.78 is 0. The molecule has 1 aromatic rings. The number of aromatic nitrogens is 1. The zero-order chi connectivity index (χ0) is 11.7. The van der Waals surface area contributed by atoms with E-state index in [4.69, 9.17) is 16.7 Å². The molecule has 1 fully saturated rings. The Kier molecular flexibility index (Phi) is 2.78. The molecule has 0 bridgehead atoms. The molecule has 2 rings (SSSR count). The van der Waals surface area contributed by atoms with Crippen LogP contribution >= 0.6 is 11.6 Å². The van der Waals surface area contributed by atoms with Gasteiger partial charge in [-0.05, 0) is 18.6 Å². The van der Waals surface area contributed by atoms with Crippen LogP contribution < -0.4 is 5.32 Å². The van der Waals surface area contributed by atoms with Crippen LogP contribution in [-0.2, 0) is 9.59 Å². The Bertz CT molecular complexity index is 449. The summed E-state index contributed by atoms with van der Waals surface area (Å²) in [6.45, 7) is 0. The number of nitrogens with one attached hydrogen (secondary N) is 1. The van der Waals surface area contributed by atoms with Crippen LogP contribution in [0.5, 0.6) is 0 Å². The number of hydrogen-bond donors (Lipinski definition) is 2. The third kappa shape index (κ3) is 2.30. The number of carbonyl (C=O) groups is 2. The molecule has 84 valence electrons. The number of aliphatic carboxylic acids is 1. The van der Waals surface area contributed by atoms with Crippen molar-refractivity contribution in [3.05, 3.63) is 23.4 Å². The standard InChI is InChI=1S/C10H9ClN2O3/c11-7-2-1-3-8(12-7)13-9(14)5-4-6(5)10(15)16/h1-3,5-6H,4H2,(H,15,16)(H,12,13,14). The summed E-state index contributed by atoms with van der Waals surface area (Å²) in [6.07, 6.45) is 0.391. The van der Waals surface area contributed by atoms with Gasteiger partial charge in [0, 0.05) is 0 Å². The highest BCUT2D eigenvalue weighted by Gasteiger charge is 2.48. The third-order valence-corrected chi connectivity index (χ3v) is 2.62. The van der Waals surface area contributed by atoms with Crippen molar-refractivity contribution in [3.63, 3.8) is 0 Å². The van der Waals surface area contributed by atoms with E-state index in [2.05, 4.69) is 10.3 Å². The molecule has 0 radical (unpaired) electrons. The maximum Gasteiger partial charge on any atom is 0.307 e. The minimum atomic E-state index is -0.931. The molecule has 2 N–H and O–H groups in total. The highest BCUT2D eigenvalue weighted by Crippen LogP contribution is 2.39. The third-order valence-electron chi connectivity index (χ3n) is 2.41. The first-order valence-electron chi connectivity index (χ1n) is 4.74. The predicted octanol–water partition coefficient (Wildman–Crippen LogP) is 1.39. The van der Waals surface area contributed by atoms with Crippen LogP contribution in [0.15, 0.2) is 18.2 Å².